The predicted octanol–water partition coefficient (Wildman–Crippen LogP) is 1.30. The van der Waals surface area contributed by atoms with Gasteiger partial charge in [0.25, 0.3) is 5.92 Å². The van der Waals surface area contributed by atoms with E-state index in [0.717, 1.165) is 0 Å². The van der Waals surface area contributed by atoms with Gasteiger partial charge in [0.2, 0.25) is 0 Å². The monoisotopic (exact) mass is 154 g/mol. The zero-order valence-corrected chi connectivity index (χ0v) is 6.19. The van der Waals surface area contributed by atoms with Gasteiger partial charge < -0.3 is 9.47 Å². The lowest BCUT2D eigenvalue weighted by atomic mass is 10.4. The molecule has 0 aliphatic heterocycles. The Hall–Kier alpha value is -0.220. The lowest BCUT2D eigenvalue weighted by Crippen LogP contribution is -2.29. The van der Waals surface area contributed by atoms with E-state index in [1.807, 2.05) is 0 Å². The van der Waals surface area contributed by atoms with Gasteiger partial charge in [0, 0.05) is 13.7 Å². The minimum atomic E-state index is -2.84. The van der Waals surface area contributed by atoms with Crippen molar-refractivity contribution in [3.63, 3.8) is 0 Å². The van der Waals surface area contributed by atoms with Crippen molar-refractivity contribution in [2.24, 2.45) is 0 Å². The second kappa shape index (κ2) is 4.57. The number of alkyl halides is 2. The van der Waals surface area contributed by atoms with Crippen molar-refractivity contribution >= 4 is 0 Å². The van der Waals surface area contributed by atoms with Crippen molar-refractivity contribution in [2.45, 2.75) is 12.8 Å². The summed E-state index contributed by atoms with van der Waals surface area (Å²) in [6.07, 6.45) is 0. The Morgan fingerprint density at radius 2 is 1.90 bits per heavy atom. The van der Waals surface area contributed by atoms with Crippen molar-refractivity contribution in [2.75, 3.05) is 26.9 Å². The Labute approximate surface area is 59.1 Å². The minimum absolute atomic E-state index is 0.305. The molecule has 0 amide bonds. The SMILES string of the molecule is CCOCC(F)(F)COC. The van der Waals surface area contributed by atoms with Crippen molar-refractivity contribution in [1.29, 1.82) is 0 Å². The van der Waals surface area contributed by atoms with Crippen LogP contribution in [0.2, 0.25) is 0 Å². The first-order chi connectivity index (χ1) is 4.62. The molecule has 0 atom stereocenters. The average Bonchev–Trinajstić information content (AvgIpc) is 1.84. The molecule has 0 spiro atoms. The van der Waals surface area contributed by atoms with E-state index in [1.54, 1.807) is 6.92 Å². The van der Waals surface area contributed by atoms with Crippen molar-refractivity contribution in [1.82, 2.24) is 0 Å². The van der Waals surface area contributed by atoms with Gasteiger partial charge in [-0.05, 0) is 6.92 Å². The van der Waals surface area contributed by atoms with Crippen LogP contribution in [0.25, 0.3) is 0 Å². The predicted molar refractivity (Wildman–Crippen MR) is 33.3 cm³/mol. The van der Waals surface area contributed by atoms with Crippen LogP contribution in [-0.2, 0) is 9.47 Å². The van der Waals surface area contributed by atoms with E-state index in [1.165, 1.54) is 7.11 Å². The van der Waals surface area contributed by atoms with Crippen LogP contribution >= 0.6 is 0 Å². The largest absolute Gasteiger partial charge is 0.378 e. The second-order valence-electron chi connectivity index (χ2n) is 1.93. The molecule has 0 bridgehead atoms. The van der Waals surface area contributed by atoms with E-state index in [-0.39, 0.29) is 0 Å². The number of methoxy groups -OCH3 is 1. The third-order valence-corrected chi connectivity index (χ3v) is 0.873. The molecule has 2 nitrogen and oxygen atoms in total. The van der Waals surface area contributed by atoms with Crippen LogP contribution in [0.15, 0.2) is 0 Å². The Balaban J connectivity index is 3.42. The zero-order valence-electron chi connectivity index (χ0n) is 6.19. The molecule has 0 N–H and O–H groups in total. The first-order valence-corrected chi connectivity index (χ1v) is 3.07. The highest BCUT2D eigenvalue weighted by atomic mass is 19.3. The molecule has 10 heavy (non-hydrogen) atoms. The third-order valence-electron chi connectivity index (χ3n) is 0.873. The van der Waals surface area contributed by atoms with Gasteiger partial charge in [0.05, 0.1) is 0 Å². The van der Waals surface area contributed by atoms with Gasteiger partial charge in [0.1, 0.15) is 13.2 Å². The maximum absolute atomic E-state index is 12.4. The molecule has 0 aromatic heterocycles. The van der Waals surface area contributed by atoms with Gasteiger partial charge in [-0.3, -0.25) is 0 Å². The van der Waals surface area contributed by atoms with E-state index in [4.69, 9.17) is 0 Å². The maximum Gasteiger partial charge on any atom is 0.293 e. The number of hydrogen-bond donors (Lipinski definition) is 0. The van der Waals surface area contributed by atoms with E-state index >= 15 is 0 Å². The molecule has 0 saturated heterocycles. The standard InChI is InChI=1S/C6H12F2O2/c1-3-10-5-6(7,8)4-9-2/h3-5H2,1-2H3. The van der Waals surface area contributed by atoms with Gasteiger partial charge in [-0.25, -0.2) is 8.78 Å². The average molecular weight is 154 g/mol. The molecular weight excluding hydrogens is 142 g/mol. The summed E-state index contributed by atoms with van der Waals surface area (Å²) in [5, 5.41) is 0. The molecule has 0 unspecified atom stereocenters. The summed E-state index contributed by atoms with van der Waals surface area (Å²) in [7, 11) is 1.24. The molecule has 0 rings (SSSR count). The molecule has 0 saturated carbocycles. The Bertz CT molecular complexity index is 85.8. The summed E-state index contributed by atoms with van der Waals surface area (Å²) in [5.74, 6) is -2.84. The van der Waals surface area contributed by atoms with E-state index in [0.29, 0.717) is 6.61 Å². The fraction of sp³-hybridized carbons (Fsp3) is 1.00. The van der Waals surface area contributed by atoms with Gasteiger partial charge >= 0.3 is 0 Å². The Morgan fingerprint density at radius 3 is 2.30 bits per heavy atom. The molecular formula is C6H12F2O2. The van der Waals surface area contributed by atoms with Crippen LogP contribution in [0.3, 0.4) is 0 Å². The summed E-state index contributed by atoms with van der Waals surface area (Å²) in [6.45, 7) is 0.840. The molecule has 0 fully saturated rings. The molecule has 0 aromatic rings. The molecule has 62 valence electrons. The molecule has 0 aliphatic rings. The highest BCUT2D eigenvalue weighted by Gasteiger charge is 2.28. The summed E-state index contributed by atoms with van der Waals surface area (Å²) in [6, 6.07) is 0. The van der Waals surface area contributed by atoms with Crippen LogP contribution in [0, 0.1) is 0 Å². The summed E-state index contributed by atoms with van der Waals surface area (Å²) >= 11 is 0. The minimum Gasteiger partial charge on any atom is -0.378 e. The summed E-state index contributed by atoms with van der Waals surface area (Å²) < 4.78 is 33.5. The van der Waals surface area contributed by atoms with Crippen LogP contribution in [0.5, 0.6) is 0 Å². The Kier molecular flexibility index (Phi) is 4.47. The lowest BCUT2D eigenvalue weighted by Gasteiger charge is -2.13. The molecule has 0 heterocycles. The smallest absolute Gasteiger partial charge is 0.293 e. The van der Waals surface area contributed by atoms with Gasteiger partial charge in [-0.1, -0.05) is 0 Å². The summed E-state index contributed by atoms with van der Waals surface area (Å²) in [4.78, 5) is 0. The quantitative estimate of drug-likeness (QED) is 0.594. The fourth-order valence-corrected chi connectivity index (χ4v) is 0.504. The second-order valence-corrected chi connectivity index (χ2v) is 1.93. The van der Waals surface area contributed by atoms with E-state index in [9.17, 15) is 8.78 Å². The van der Waals surface area contributed by atoms with E-state index in [2.05, 4.69) is 9.47 Å². The molecule has 4 heteroatoms. The number of rotatable bonds is 5. The first kappa shape index (κ1) is 9.78. The van der Waals surface area contributed by atoms with Crippen LogP contribution in [0.4, 0.5) is 8.78 Å². The highest BCUT2D eigenvalue weighted by molar-refractivity contribution is 4.62. The van der Waals surface area contributed by atoms with Crippen LogP contribution in [-0.4, -0.2) is 32.9 Å². The van der Waals surface area contributed by atoms with Gasteiger partial charge in [-0.15, -0.1) is 0 Å². The zero-order chi connectivity index (χ0) is 8.04. The van der Waals surface area contributed by atoms with Crippen molar-refractivity contribution in [3.8, 4) is 0 Å². The topological polar surface area (TPSA) is 18.5 Å². The molecule has 0 aliphatic carbocycles. The Morgan fingerprint density at radius 1 is 1.30 bits per heavy atom. The third kappa shape index (κ3) is 4.64. The summed E-state index contributed by atoms with van der Waals surface area (Å²) in [5.41, 5.74) is 0. The van der Waals surface area contributed by atoms with Crippen LogP contribution in [0.1, 0.15) is 6.92 Å². The van der Waals surface area contributed by atoms with Gasteiger partial charge in [-0.2, -0.15) is 0 Å². The van der Waals surface area contributed by atoms with E-state index < -0.39 is 19.1 Å². The van der Waals surface area contributed by atoms with Crippen molar-refractivity contribution < 1.29 is 18.3 Å². The first-order valence-electron chi connectivity index (χ1n) is 3.07. The number of halogens is 2. The fourth-order valence-electron chi connectivity index (χ4n) is 0.504. The number of hydrogen-bond acceptors (Lipinski definition) is 2. The van der Waals surface area contributed by atoms with Gasteiger partial charge in [0.15, 0.2) is 0 Å². The van der Waals surface area contributed by atoms with Crippen LogP contribution < -0.4 is 0 Å². The van der Waals surface area contributed by atoms with Crippen molar-refractivity contribution in [3.05, 3.63) is 0 Å². The number of ether oxygens (including phenoxy) is 2. The normalized spacial score (nSPS) is 12.0. The molecule has 0 aromatic carbocycles. The maximum atomic E-state index is 12.4. The highest BCUT2D eigenvalue weighted by Crippen LogP contribution is 2.13. The lowest BCUT2D eigenvalue weighted by molar-refractivity contribution is -0.114. The molecule has 0 radical (unpaired) electrons.